The molecular formula is C13H10N4O2S. The first-order valence-electron chi connectivity index (χ1n) is 5.79. The quantitative estimate of drug-likeness (QED) is 0.794. The molecule has 0 fully saturated rings. The van der Waals surface area contributed by atoms with E-state index in [4.69, 9.17) is 0 Å². The molecule has 0 bridgehead atoms. The number of nitrogens with zero attached hydrogens (tertiary/aromatic N) is 3. The summed E-state index contributed by atoms with van der Waals surface area (Å²) in [4.78, 5) is 12.0. The average Bonchev–Trinajstić information content (AvgIpc) is 2.47. The molecule has 1 aromatic carbocycles. The summed E-state index contributed by atoms with van der Waals surface area (Å²) in [5, 5.41) is 0.561. The predicted molar refractivity (Wildman–Crippen MR) is 74.6 cm³/mol. The Balaban J connectivity index is 2.10. The lowest BCUT2D eigenvalue weighted by atomic mass is 10.2. The van der Waals surface area contributed by atoms with E-state index in [9.17, 15) is 8.42 Å². The van der Waals surface area contributed by atoms with Crippen LogP contribution in [0.4, 0.5) is 5.82 Å². The summed E-state index contributed by atoms with van der Waals surface area (Å²) >= 11 is 0. The zero-order valence-corrected chi connectivity index (χ0v) is 11.1. The molecule has 20 heavy (non-hydrogen) atoms. The van der Waals surface area contributed by atoms with Crippen LogP contribution in [-0.2, 0) is 10.0 Å². The zero-order valence-electron chi connectivity index (χ0n) is 10.3. The Morgan fingerprint density at radius 3 is 2.65 bits per heavy atom. The number of benzene rings is 1. The summed E-state index contributed by atoms with van der Waals surface area (Å²) in [6.45, 7) is 0. The highest BCUT2D eigenvalue weighted by molar-refractivity contribution is 7.93. The Labute approximate surface area is 115 Å². The molecule has 2 aromatic heterocycles. The highest BCUT2D eigenvalue weighted by atomic mass is 32.2. The summed E-state index contributed by atoms with van der Waals surface area (Å²) in [5.74, 6) is 0.174. The van der Waals surface area contributed by atoms with Crippen molar-refractivity contribution in [3.63, 3.8) is 0 Å². The van der Waals surface area contributed by atoms with Crippen LogP contribution in [0.15, 0.2) is 60.0 Å². The molecule has 0 amide bonds. The van der Waals surface area contributed by atoms with Gasteiger partial charge in [0, 0.05) is 24.0 Å². The van der Waals surface area contributed by atoms with Gasteiger partial charge in [0.05, 0.1) is 16.6 Å². The van der Waals surface area contributed by atoms with Crippen molar-refractivity contribution in [1.29, 1.82) is 0 Å². The molecule has 0 aliphatic heterocycles. The third kappa shape index (κ3) is 2.30. The van der Waals surface area contributed by atoms with E-state index in [1.54, 1.807) is 30.5 Å². The van der Waals surface area contributed by atoms with E-state index in [1.165, 1.54) is 24.7 Å². The maximum Gasteiger partial charge on any atom is 0.263 e. The Hall–Kier alpha value is -2.54. The standard InChI is InChI=1S/C13H10N4O2S/c18-20(19,17-13-9-14-7-8-16-13)12-5-1-4-11-10(12)3-2-6-15-11/h1-9H,(H,16,17). The summed E-state index contributed by atoms with van der Waals surface area (Å²) < 4.78 is 27.2. The van der Waals surface area contributed by atoms with Crippen molar-refractivity contribution < 1.29 is 8.42 Å². The fraction of sp³-hybridized carbons (Fsp3) is 0. The van der Waals surface area contributed by atoms with Crippen LogP contribution in [0, 0.1) is 0 Å². The lowest BCUT2D eigenvalue weighted by molar-refractivity contribution is 0.602. The molecule has 0 radical (unpaired) electrons. The van der Waals surface area contributed by atoms with Crippen molar-refractivity contribution in [1.82, 2.24) is 15.0 Å². The van der Waals surface area contributed by atoms with Gasteiger partial charge >= 0.3 is 0 Å². The molecule has 0 spiro atoms. The molecule has 7 heteroatoms. The second-order valence-electron chi connectivity index (χ2n) is 4.02. The smallest absolute Gasteiger partial charge is 0.262 e. The first-order valence-corrected chi connectivity index (χ1v) is 7.28. The van der Waals surface area contributed by atoms with Crippen molar-refractivity contribution >= 4 is 26.7 Å². The first kappa shape index (κ1) is 12.5. The van der Waals surface area contributed by atoms with E-state index in [-0.39, 0.29) is 10.7 Å². The van der Waals surface area contributed by atoms with Gasteiger partial charge in [0.1, 0.15) is 0 Å². The van der Waals surface area contributed by atoms with Gasteiger partial charge in [0.2, 0.25) is 0 Å². The van der Waals surface area contributed by atoms with Crippen LogP contribution in [0.2, 0.25) is 0 Å². The van der Waals surface area contributed by atoms with Crippen LogP contribution in [0.5, 0.6) is 0 Å². The van der Waals surface area contributed by atoms with Gasteiger partial charge in [-0.15, -0.1) is 0 Å². The average molecular weight is 286 g/mol. The van der Waals surface area contributed by atoms with Crippen LogP contribution in [0.3, 0.4) is 0 Å². The Morgan fingerprint density at radius 1 is 0.950 bits per heavy atom. The lowest BCUT2D eigenvalue weighted by Crippen LogP contribution is -2.14. The summed E-state index contributed by atoms with van der Waals surface area (Å²) in [6, 6.07) is 8.36. The second-order valence-corrected chi connectivity index (χ2v) is 5.67. The van der Waals surface area contributed by atoms with Gasteiger partial charge < -0.3 is 0 Å². The van der Waals surface area contributed by atoms with E-state index in [1.807, 2.05) is 0 Å². The first-order chi connectivity index (χ1) is 9.67. The molecule has 0 atom stereocenters. The molecule has 2 heterocycles. The minimum absolute atomic E-state index is 0.161. The zero-order chi connectivity index (χ0) is 14.0. The van der Waals surface area contributed by atoms with Gasteiger partial charge in [-0.3, -0.25) is 14.7 Å². The largest absolute Gasteiger partial charge is 0.263 e. The summed E-state index contributed by atoms with van der Waals surface area (Å²) in [5.41, 5.74) is 0.620. The molecular weight excluding hydrogens is 276 g/mol. The number of rotatable bonds is 3. The number of fused-ring (bicyclic) bond motifs is 1. The third-order valence-corrected chi connectivity index (χ3v) is 4.11. The Kier molecular flexibility index (Phi) is 3.03. The van der Waals surface area contributed by atoms with Crippen LogP contribution in [-0.4, -0.2) is 23.4 Å². The molecule has 0 saturated carbocycles. The fourth-order valence-corrected chi connectivity index (χ4v) is 3.06. The minimum Gasteiger partial charge on any atom is -0.262 e. The van der Waals surface area contributed by atoms with Gasteiger partial charge in [-0.05, 0) is 24.3 Å². The fourth-order valence-electron chi connectivity index (χ4n) is 1.85. The summed E-state index contributed by atoms with van der Waals surface area (Å²) in [7, 11) is -3.73. The molecule has 1 N–H and O–H groups in total. The Morgan fingerprint density at radius 2 is 1.85 bits per heavy atom. The van der Waals surface area contributed by atoms with Crippen LogP contribution >= 0.6 is 0 Å². The number of hydrogen-bond donors (Lipinski definition) is 1. The predicted octanol–water partition coefficient (Wildman–Crippen LogP) is 1.83. The molecule has 0 aliphatic carbocycles. The van der Waals surface area contributed by atoms with Crippen molar-refractivity contribution in [2.45, 2.75) is 4.90 Å². The number of sulfonamides is 1. The maximum atomic E-state index is 12.4. The van der Waals surface area contributed by atoms with E-state index in [2.05, 4.69) is 19.7 Å². The van der Waals surface area contributed by atoms with Crippen LogP contribution < -0.4 is 4.72 Å². The molecule has 0 aliphatic rings. The number of nitrogens with one attached hydrogen (secondary N) is 1. The Bertz CT molecular complexity index is 845. The van der Waals surface area contributed by atoms with Gasteiger partial charge in [-0.1, -0.05) is 6.07 Å². The number of anilines is 1. The monoisotopic (exact) mass is 286 g/mol. The number of pyridine rings is 1. The maximum absolute atomic E-state index is 12.4. The van der Waals surface area contributed by atoms with Crippen LogP contribution in [0.1, 0.15) is 0 Å². The van der Waals surface area contributed by atoms with Gasteiger partial charge in [-0.2, -0.15) is 0 Å². The van der Waals surface area contributed by atoms with Crippen molar-refractivity contribution in [2.75, 3.05) is 4.72 Å². The van der Waals surface area contributed by atoms with Crippen molar-refractivity contribution in [2.24, 2.45) is 0 Å². The molecule has 0 unspecified atom stereocenters. The molecule has 3 rings (SSSR count). The van der Waals surface area contributed by atoms with E-state index in [0.717, 1.165) is 0 Å². The minimum atomic E-state index is -3.73. The van der Waals surface area contributed by atoms with Crippen LogP contribution in [0.25, 0.3) is 10.9 Å². The molecule has 6 nitrogen and oxygen atoms in total. The summed E-state index contributed by atoms with van der Waals surface area (Å²) in [6.07, 6.45) is 5.86. The van der Waals surface area contributed by atoms with E-state index in [0.29, 0.717) is 10.9 Å². The van der Waals surface area contributed by atoms with Gasteiger partial charge in [0.15, 0.2) is 5.82 Å². The van der Waals surface area contributed by atoms with E-state index < -0.39 is 10.0 Å². The highest BCUT2D eigenvalue weighted by Crippen LogP contribution is 2.22. The number of aromatic nitrogens is 3. The van der Waals surface area contributed by atoms with Gasteiger partial charge in [-0.25, -0.2) is 13.4 Å². The number of hydrogen-bond acceptors (Lipinski definition) is 5. The second kappa shape index (κ2) is 4.86. The SMILES string of the molecule is O=S(=O)(Nc1cnccn1)c1cccc2ncccc12. The van der Waals surface area contributed by atoms with E-state index >= 15 is 0 Å². The molecule has 100 valence electrons. The highest BCUT2D eigenvalue weighted by Gasteiger charge is 2.18. The molecule has 0 saturated heterocycles. The molecule has 3 aromatic rings. The third-order valence-electron chi connectivity index (χ3n) is 2.70. The van der Waals surface area contributed by atoms with Crippen molar-refractivity contribution in [3.8, 4) is 0 Å². The van der Waals surface area contributed by atoms with Gasteiger partial charge in [0.25, 0.3) is 10.0 Å². The topological polar surface area (TPSA) is 84.8 Å². The normalized spacial score (nSPS) is 11.4. The lowest BCUT2D eigenvalue weighted by Gasteiger charge is -2.09. The van der Waals surface area contributed by atoms with Crippen molar-refractivity contribution in [3.05, 3.63) is 55.1 Å².